The lowest BCUT2D eigenvalue weighted by Crippen LogP contribution is -2.08. The van der Waals surface area contributed by atoms with Crippen molar-refractivity contribution in [2.45, 2.75) is 13.1 Å². The topological polar surface area (TPSA) is 33.0 Å². The Labute approximate surface area is 118 Å². The average Bonchev–Trinajstić information content (AvgIpc) is 2.42. The van der Waals surface area contributed by atoms with Crippen molar-refractivity contribution in [3.63, 3.8) is 0 Å². The summed E-state index contributed by atoms with van der Waals surface area (Å²) < 4.78 is 56.9. The monoisotopic (exact) mass is 295 g/mol. The number of halogens is 4. The Balaban J connectivity index is 2.42. The van der Waals surface area contributed by atoms with Crippen LogP contribution in [0.25, 0.3) is 0 Å². The minimum Gasteiger partial charge on any atom is -0.457 e. The predicted molar refractivity (Wildman–Crippen MR) is 67.4 cm³/mol. The third kappa shape index (κ3) is 3.31. The first kappa shape index (κ1) is 14.9. The molecule has 0 unspecified atom stereocenters. The van der Waals surface area contributed by atoms with E-state index in [9.17, 15) is 17.6 Å². The molecule has 2 nitrogen and oxygen atoms in total. The van der Waals surface area contributed by atoms with Gasteiger partial charge in [-0.15, -0.1) is 0 Å². The number of hydrogen-bond donors (Lipinski definition) is 0. The summed E-state index contributed by atoms with van der Waals surface area (Å²) >= 11 is 0. The molecule has 6 heteroatoms. The molecule has 2 aromatic rings. The summed E-state index contributed by atoms with van der Waals surface area (Å²) in [5, 5.41) is 8.70. The van der Waals surface area contributed by atoms with Crippen molar-refractivity contribution in [2.24, 2.45) is 0 Å². The molecular formula is C15H9F4NO. The molecule has 0 saturated heterocycles. The van der Waals surface area contributed by atoms with Crippen molar-refractivity contribution in [3.05, 3.63) is 58.9 Å². The number of benzene rings is 2. The SMILES string of the molecule is Cc1ccc(F)cc1Oc1ccc(C#N)c(C(F)(F)F)c1. The molecule has 2 rings (SSSR count). The van der Waals surface area contributed by atoms with Crippen LogP contribution < -0.4 is 4.74 Å². The first-order chi connectivity index (χ1) is 9.81. The Bertz CT molecular complexity index is 717. The van der Waals surface area contributed by atoms with Gasteiger partial charge in [-0.25, -0.2) is 4.39 Å². The summed E-state index contributed by atoms with van der Waals surface area (Å²) in [5.74, 6) is -0.553. The van der Waals surface area contributed by atoms with Crippen LogP contribution in [0, 0.1) is 24.1 Å². The second-order valence-electron chi connectivity index (χ2n) is 4.33. The van der Waals surface area contributed by atoms with Crippen LogP contribution in [0.1, 0.15) is 16.7 Å². The zero-order chi connectivity index (χ0) is 15.6. The molecule has 0 saturated carbocycles. The summed E-state index contributed by atoms with van der Waals surface area (Å²) in [6.45, 7) is 1.64. The molecular weight excluding hydrogens is 286 g/mol. The van der Waals surface area contributed by atoms with E-state index in [1.54, 1.807) is 6.92 Å². The largest absolute Gasteiger partial charge is 0.457 e. The smallest absolute Gasteiger partial charge is 0.417 e. The van der Waals surface area contributed by atoms with Gasteiger partial charge >= 0.3 is 6.18 Å². The first-order valence-corrected chi connectivity index (χ1v) is 5.86. The summed E-state index contributed by atoms with van der Waals surface area (Å²) in [7, 11) is 0. The second kappa shape index (κ2) is 5.44. The molecule has 0 spiro atoms. The number of hydrogen-bond acceptors (Lipinski definition) is 2. The Morgan fingerprint density at radius 1 is 1.10 bits per heavy atom. The third-order valence-electron chi connectivity index (χ3n) is 2.79. The lowest BCUT2D eigenvalue weighted by molar-refractivity contribution is -0.137. The van der Waals surface area contributed by atoms with Crippen molar-refractivity contribution in [3.8, 4) is 17.6 Å². The maximum absolute atomic E-state index is 13.1. The number of nitriles is 1. The predicted octanol–water partition coefficient (Wildman–Crippen LogP) is 4.82. The molecule has 0 fully saturated rings. The van der Waals surface area contributed by atoms with E-state index in [0.29, 0.717) is 5.56 Å². The Morgan fingerprint density at radius 2 is 1.81 bits per heavy atom. The average molecular weight is 295 g/mol. The zero-order valence-corrected chi connectivity index (χ0v) is 10.8. The fourth-order valence-corrected chi connectivity index (χ4v) is 1.73. The van der Waals surface area contributed by atoms with E-state index in [0.717, 1.165) is 18.2 Å². The van der Waals surface area contributed by atoms with Gasteiger partial charge in [-0.1, -0.05) is 6.07 Å². The van der Waals surface area contributed by atoms with Crippen LogP contribution in [-0.2, 0) is 6.18 Å². The Morgan fingerprint density at radius 3 is 2.43 bits per heavy atom. The molecule has 0 atom stereocenters. The standard InChI is InChI=1S/C15H9F4NO/c1-9-2-4-11(16)6-14(9)21-12-5-3-10(8-20)13(7-12)15(17,18)19/h2-7H,1H3. The number of alkyl halides is 3. The van der Waals surface area contributed by atoms with Crippen molar-refractivity contribution < 1.29 is 22.3 Å². The lowest BCUT2D eigenvalue weighted by atomic mass is 10.1. The summed E-state index contributed by atoms with van der Waals surface area (Å²) in [6, 6.07) is 8.22. The molecule has 0 aliphatic rings. The van der Waals surface area contributed by atoms with Gasteiger partial charge < -0.3 is 4.74 Å². The molecule has 0 N–H and O–H groups in total. The molecule has 2 aromatic carbocycles. The normalized spacial score (nSPS) is 11.0. The zero-order valence-electron chi connectivity index (χ0n) is 10.8. The van der Waals surface area contributed by atoms with Crippen LogP contribution in [0.2, 0.25) is 0 Å². The van der Waals surface area contributed by atoms with Gasteiger partial charge in [0, 0.05) is 6.07 Å². The molecule has 21 heavy (non-hydrogen) atoms. The fraction of sp³-hybridized carbons (Fsp3) is 0.133. The molecule has 0 heterocycles. The maximum atomic E-state index is 13.1. The Hall–Kier alpha value is -2.55. The minimum atomic E-state index is -4.67. The number of ether oxygens (including phenoxy) is 1. The van der Waals surface area contributed by atoms with Gasteiger partial charge in [0.1, 0.15) is 17.3 Å². The van der Waals surface area contributed by atoms with Gasteiger partial charge in [-0.05, 0) is 36.8 Å². The highest BCUT2D eigenvalue weighted by atomic mass is 19.4. The molecule has 0 amide bonds. The molecule has 0 aliphatic carbocycles. The molecule has 0 bridgehead atoms. The van der Waals surface area contributed by atoms with Crippen LogP contribution >= 0.6 is 0 Å². The molecule has 0 aromatic heterocycles. The highest BCUT2D eigenvalue weighted by Gasteiger charge is 2.34. The van der Waals surface area contributed by atoms with Crippen LogP contribution in [0.5, 0.6) is 11.5 Å². The van der Waals surface area contributed by atoms with E-state index in [-0.39, 0.29) is 11.5 Å². The Kier molecular flexibility index (Phi) is 3.85. The second-order valence-corrected chi connectivity index (χ2v) is 4.33. The van der Waals surface area contributed by atoms with Gasteiger partial charge in [0.25, 0.3) is 0 Å². The lowest BCUT2D eigenvalue weighted by Gasteiger charge is -2.13. The van der Waals surface area contributed by atoms with Crippen LogP contribution in [0.3, 0.4) is 0 Å². The van der Waals surface area contributed by atoms with E-state index in [4.69, 9.17) is 10.00 Å². The molecule has 108 valence electrons. The number of rotatable bonds is 2. The van der Waals surface area contributed by atoms with Gasteiger partial charge in [0.15, 0.2) is 0 Å². The van der Waals surface area contributed by atoms with Crippen LogP contribution in [-0.4, -0.2) is 0 Å². The van der Waals surface area contributed by atoms with E-state index in [2.05, 4.69) is 0 Å². The number of nitrogens with zero attached hydrogens (tertiary/aromatic N) is 1. The summed E-state index contributed by atoms with van der Waals surface area (Å²) in [6.07, 6.45) is -4.67. The minimum absolute atomic E-state index is 0.116. The summed E-state index contributed by atoms with van der Waals surface area (Å²) in [5.41, 5.74) is -1.00. The third-order valence-corrected chi connectivity index (χ3v) is 2.79. The van der Waals surface area contributed by atoms with Gasteiger partial charge in [-0.2, -0.15) is 18.4 Å². The summed E-state index contributed by atoms with van der Waals surface area (Å²) in [4.78, 5) is 0. The van der Waals surface area contributed by atoms with E-state index < -0.39 is 23.1 Å². The molecule has 0 aliphatic heterocycles. The van der Waals surface area contributed by atoms with Crippen LogP contribution in [0.4, 0.5) is 17.6 Å². The molecule has 0 radical (unpaired) electrons. The van der Waals surface area contributed by atoms with E-state index in [1.807, 2.05) is 0 Å². The van der Waals surface area contributed by atoms with Gasteiger partial charge in [-0.3, -0.25) is 0 Å². The van der Waals surface area contributed by atoms with Gasteiger partial charge in [0.2, 0.25) is 0 Å². The van der Waals surface area contributed by atoms with Crippen molar-refractivity contribution >= 4 is 0 Å². The number of aryl methyl sites for hydroxylation is 1. The fourth-order valence-electron chi connectivity index (χ4n) is 1.73. The van der Waals surface area contributed by atoms with Crippen molar-refractivity contribution in [2.75, 3.05) is 0 Å². The van der Waals surface area contributed by atoms with Crippen molar-refractivity contribution in [1.82, 2.24) is 0 Å². The van der Waals surface area contributed by atoms with Crippen LogP contribution in [0.15, 0.2) is 36.4 Å². The maximum Gasteiger partial charge on any atom is 0.417 e. The first-order valence-electron chi connectivity index (χ1n) is 5.86. The van der Waals surface area contributed by atoms with Crippen molar-refractivity contribution in [1.29, 1.82) is 5.26 Å². The van der Waals surface area contributed by atoms with E-state index >= 15 is 0 Å². The quantitative estimate of drug-likeness (QED) is 0.744. The highest BCUT2D eigenvalue weighted by Crippen LogP contribution is 2.35. The highest BCUT2D eigenvalue weighted by molar-refractivity contribution is 5.46. The van der Waals surface area contributed by atoms with E-state index in [1.165, 1.54) is 24.3 Å². The van der Waals surface area contributed by atoms with Gasteiger partial charge in [0.05, 0.1) is 17.2 Å².